The molecule has 0 saturated heterocycles. The number of hydrogen-bond acceptors (Lipinski definition) is 5. The number of benzene rings is 2. The Morgan fingerprint density at radius 2 is 1.81 bits per heavy atom. The van der Waals surface area contributed by atoms with Crippen molar-refractivity contribution in [3.05, 3.63) is 66.1 Å². The van der Waals surface area contributed by atoms with Crippen LogP contribution in [0.3, 0.4) is 0 Å². The van der Waals surface area contributed by atoms with Gasteiger partial charge in [-0.2, -0.15) is 5.10 Å². The number of carbonyl (C=O) groups excluding carboxylic acids is 2. The molecular formula is C19H16FN3O4. The standard InChI is InChI=1S/C19H16FN3O4/c1-21-18(24)11-26-12-6-8-13(9-7-12)27-19(25)17-10-16(22-23-17)14-4-2-3-5-15(14)20/h2-10H,11H2,1H3,(H,21,24)(H,22,23). The van der Waals surface area contributed by atoms with Crippen LogP contribution in [0.4, 0.5) is 4.39 Å². The molecular weight excluding hydrogens is 353 g/mol. The van der Waals surface area contributed by atoms with Gasteiger partial charge in [-0.3, -0.25) is 9.89 Å². The van der Waals surface area contributed by atoms with E-state index in [2.05, 4.69) is 15.5 Å². The van der Waals surface area contributed by atoms with Gasteiger partial charge in [0.05, 0.1) is 5.69 Å². The molecule has 0 aliphatic heterocycles. The molecule has 0 saturated carbocycles. The fourth-order valence-corrected chi connectivity index (χ4v) is 2.22. The van der Waals surface area contributed by atoms with Gasteiger partial charge in [0.2, 0.25) is 0 Å². The van der Waals surface area contributed by atoms with Crippen LogP contribution in [0.2, 0.25) is 0 Å². The summed E-state index contributed by atoms with van der Waals surface area (Å²) in [7, 11) is 1.52. The van der Waals surface area contributed by atoms with Crippen molar-refractivity contribution in [3.8, 4) is 22.8 Å². The highest BCUT2D eigenvalue weighted by Gasteiger charge is 2.15. The molecule has 2 aromatic carbocycles. The fourth-order valence-electron chi connectivity index (χ4n) is 2.22. The molecule has 0 unspecified atom stereocenters. The van der Waals surface area contributed by atoms with Crippen molar-refractivity contribution in [3.63, 3.8) is 0 Å². The zero-order valence-electron chi connectivity index (χ0n) is 14.4. The summed E-state index contributed by atoms with van der Waals surface area (Å²) in [5, 5.41) is 8.93. The van der Waals surface area contributed by atoms with E-state index in [1.807, 2.05) is 0 Å². The minimum Gasteiger partial charge on any atom is -0.484 e. The molecule has 1 amide bonds. The van der Waals surface area contributed by atoms with Gasteiger partial charge in [-0.25, -0.2) is 9.18 Å². The van der Waals surface area contributed by atoms with E-state index in [9.17, 15) is 14.0 Å². The van der Waals surface area contributed by atoms with E-state index in [0.717, 1.165) is 0 Å². The van der Waals surface area contributed by atoms with E-state index in [1.165, 1.54) is 31.3 Å². The molecule has 27 heavy (non-hydrogen) atoms. The van der Waals surface area contributed by atoms with Crippen LogP contribution in [-0.4, -0.2) is 35.7 Å². The quantitative estimate of drug-likeness (QED) is 0.515. The second kappa shape index (κ2) is 8.13. The predicted molar refractivity (Wildman–Crippen MR) is 94.9 cm³/mol. The third-order valence-electron chi connectivity index (χ3n) is 3.63. The average Bonchev–Trinajstić information content (AvgIpc) is 3.17. The molecule has 3 rings (SSSR count). The Labute approximate surface area is 154 Å². The molecule has 7 nitrogen and oxygen atoms in total. The van der Waals surface area contributed by atoms with Gasteiger partial charge in [0, 0.05) is 12.6 Å². The van der Waals surface area contributed by atoms with Crippen LogP contribution in [0.25, 0.3) is 11.3 Å². The number of H-pyrrole nitrogens is 1. The predicted octanol–water partition coefficient (Wildman–Crippen LogP) is 2.56. The molecule has 0 aliphatic rings. The molecule has 0 bridgehead atoms. The lowest BCUT2D eigenvalue weighted by Crippen LogP contribution is -2.24. The SMILES string of the molecule is CNC(=O)COc1ccc(OC(=O)c2cc(-c3ccccc3F)n[nH]2)cc1. The van der Waals surface area contributed by atoms with Crippen LogP contribution >= 0.6 is 0 Å². The first kappa shape index (κ1) is 18.1. The second-order valence-corrected chi connectivity index (χ2v) is 5.47. The maximum atomic E-state index is 13.8. The summed E-state index contributed by atoms with van der Waals surface area (Å²) in [6, 6.07) is 13.8. The van der Waals surface area contributed by atoms with Gasteiger partial charge in [0.15, 0.2) is 6.61 Å². The smallest absolute Gasteiger partial charge is 0.361 e. The maximum Gasteiger partial charge on any atom is 0.361 e. The highest BCUT2D eigenvalue weighted by molar-refractivity contribution is 5.90. The Kier molecular flexibility index (Phi) is 5.46. The Balaban J connectivity index is 1.64. The molecule has 8 heteroatoms. The summed E-state index contributed by atoms with van der Waals surface area (Å²) in [6.07, 6.45) is 0. The van der Waals surface area contributed by atoms with E-state index in [1.54, 1.807) is 30.3 Å². The summed E-state index contributed by atoms with van der Waals surface area (Å²) >= 11 is 0. The minimum absolute atomic E-state index is 0.0909. The number of aromatic nitrogens is 2. The van der Waals surface area contributed by atoms with Gasteiger partial charge in [-0.15, -0.1) is 0 Å². The summed E-state index contributed by atoms with van der Waals surface area (Å²) in [4.78, 5) is 23.4. The van der Waals surface area contributed by atoms with E-state index >= 15 is 0 Å². The molecule has 0 radical (unpaired) electrons. The molecule has 0 aliphatic carbocycles. The number of amides is 1. The number of esters is 1. The van der Waals surface area contributed by atoms with E-state index < -0.39 is 11.8 Å². The summed E-state index contributed by atoms with van der Waals surface area (Å²) in [5.41, 5.74) is 0.677. The second-order valence-electron chi connectivity index (χ2n) is 5.47. The fraction of sp³-hybridized carbons (Fsp3) is 0.105. The highest BCUT2D eigenvalue weighted by atomic mass is 19.1. The molecule has 2 N–H and O–H groups in total. The number of nitrogens with one attached hydrogen (secondary N) is 2. The minimum atomic E-state index is -0.663. The van der Waals surface area contributed by atoms with Gasteiger partial charge in [-0.05, 0) is 42.5 Å². The monoisotopic (exact) mass is 369 g/mol. The Morgan fingerprint density at radius 1 is 1.11 bits per heavy atom. The van der Waals surface area contributed by atoms with Crippen LogP contribution in [0.15, 0.2) is 54.6 Å². The number of aromatic amines is 1. The highest BCUT2D eigenvalue weighted by Crippen LogP contribution is 2.22. The molecule has 0 spiro atoms. The van der Waals surface area contributed by atoms with Gasteiger partial charge >= 0.3 is 5.97 Å². The molecule has 138 valence electrons. The number of carbonyl (C=O) groups is 2. The Morgan fingerprint density at radius 3 is 2.52 bits per heavy atom. The molecule has 0 atom stereocenters. The zero-order valence-corrected chi connectivity index (χ0v) is 14.4. The lowest BCUT2D eigenvalue weighted by molar-refractivity contribution is -0.122. The van der Waals surface area contributed by atoms with E-state index in [-0.39, 0.29) is 29.5 Å². The van der Waals surface area contributed by atoms with Gasteiger partial charge in [-0.1, -0.05) is 12.1 Å². The first-order valence-electron chi connectivity index (χ1n) is 8.03. The number of hydrogen-bond donors (Lipinski definition) is 2. The maximum absolute atomic E-state index is 13.8. The molecule has 0 fully saturated rings. The van der Waals surface area contributed by atoms with Crippen LogP contribution in [0, 0.1) is 5.82 Å². The van der Waals surface area contributed by atoms with Crippen LogP contribution in [0.1, 0.15) is 10.5 Å². The first-order valence-corrected chi connectivity index (χ1v) is 8.03. The summed E-state index contributed by atoms with van der Waals surface area (Å²) in [6.45, 7) is -0.109. The van der Waals surface area contributed by atoms with E-state index in [4.69, 9.17) is 9.47 Å². The van der Waals surface area contributed by atoms with Crippen LogP contribution < -0.4 is 14.8 Å². The molecule has 3 aromatic rings. The zero-order chi connectivity index (χ0) is 19.2. The molecule has 1 aromatic heterocycles. The number of rotatable bonds is 6. The van der Waals surface area contributed by atoms with Gasteiger partial charge in [0.1, 0.15) is 23.0 Å². The average molecular weight is 369 g/mol. The number of nitrogens with zero attached hydrogens (tertiary/aromatic N) is 1. The third-order valence-corrected chi connectivity index (χ3v) is 3.63. The Hall–Kier alpha value is -3.68. The van der Waals surface area contributed by atoms with E-state index in [0.29, 0.717) is 11.4 Å². The van der Waals surface area contributed by atoms with Crippen molar-refractivity contribution in [2.45, 2.75) is 0 Å². The number of halogens is 1. The summed E-state index contributed by atoms with van der Waals surface area (Å²) in [5.74, 6) is -0.605. The van der Waals surface area contributed by atoms with Crippen molar-refractivity contribution in [2.24, 2.45) is 0 Å². The van der Waals surface area contributed by atoms with Crippen molar-refractivity contribution in [2.75, 3.05) is 13.7 Å². The van der Waals surface area contributed by atoms with Crippen molar-refractivity contribution >= 4 is 11.9 Å². The largest absolute Gasteiger partial charge is 0.484 e. The lowest BCUT2D eigenvalue weighted by atomic mass is 10.1. The van der Waals surface area contributed by atoms with Crippen LogP contribution in [-0.2, 0) is 4.79 Å². The first-order chi connectivity index (χ1) is 13.1. The van der Waals surface area contributed by atoms with Crippen molar-refractivity contribution in [1.29, 1.82) is 0 Å². The van der Waals surface area contributed by atoms with Gasteiger partial charge < -0.3 is 14.8 Å². The third kappa shape index (κ3) is 4.49. The Bertz CT molecular complexity index is 954. The van der Waals surface area contributed by atoms with Crippen LogP contribution in [0.5, 0.6) is 11.5 Å². The van der Waals surface area contributed by atoms with Gasteiger partial charge in [0.25, 0.3) is 5.91 Å². The normalized spacial score (nSPS) is 10.3. The molecule has 1 heterocycles. The number of likely N-dealkylation sites (N-methyl/N-ethyl adjacent to an activating group) is 1. The van der Waals surface area contributed by atoms with Crippen molar-refractivity contribution < 1.29 is 23.5 Å². The topological polar surface area (TPSA) is 93.3 Å². The van der Waals surface area contributed by atoms with Crippen molar-refractivity contribution in [1.82, 2.24) is 15.5 Å². The lowest BCUT2D eigenvalue weighted by Gasteiger charge is -2.06. The summed E-state index contributed by atoms with van der Waals surface area (Å²) < 4.78 is 24.3. The number of ether oxygens (including phenoxy) is 2.